The smallest absolute Gasteiger partial charge is 0.328 e. The number of carbonyl (C=O) groups is 2. The maximum Gasteiger partial charge on any atom is 0.328 e. The number of benzene rings is 1. The van der Waals surface area contributed by atoms with E-state index in [2.05, 4.69) is 15.2 Å². The van der Waals surface area contributed by atoms with Crippen molar-refractivity contribution in [3.63, 3.8) is 0 Å². The number of nitrogens with one attached hydrogen (secondary N) is 2. The molecule has 3 aliphatic heterocycles. The van der Waals surface area contributed by atoms with E-state index in [-0.39, 0.29) is 24.5 Å². The summed E-state index contributed by atoms with van der Waals surface area (Å²) in [7, 11) is 3.09. The van der Waals surface area contributed by atoms with Crippen molar-refractivity contribution in [3.05, 3.63) is 35.7 Å². The van der Waals surface area contributed by atoms with E-state index >= 15 is 0 Å². The van der Waals surface area contributed by atoms with E-state index in [0.29, 0.717) is 54.9 Å². The summed E-state index contributed by atoms with van der Waals surface area (Å²) < 4.78 is 16.1. The third-order valence-corrected chi connectivity index (χ3v) is 7.56. The van der Waals surface area contributed by atoms with Crippen LogP contribution in [0.5, 0.6) is 0 Å². The van der Waals surface area contributed by atoms with Crippen molar-refractivity contribution in [3.8, 4) is 0 Å². The number of hydrogen-bond acceptors (Lipinski definition) is 10. The minimum Gasteiger partial charge on any atom is -0.467 e. The number of methoxy groups -OCH3 is 1. The second-order valence-corrected chi connectivity index (χ2v) is 10.3. The zero-order valence-corrected chi connectivity index (χ0v) is 22.8. The molecule has 39 heavy (non-hydrogen) atoms. The average molecular weight is 538 g/mol. The quantitative estimate of drug-likeness (QED) is 0.321. The van der Waals surface area contributed by atoms with Gasteiger partial charge in [0, 0.05) is 32.4 Å². The Hall–Kier alpha value is -3.93. The molecule has 1 aromatic heterocycles. The first-order chi connectivity index (χ1) is 18.8. The largest absolute Gasteiger partial charge is 0.467 e. The molecule has 2 aromatic rings. The standard InChI is InChI=1S/C27H35N7O5/c1-27(2)21-22(29-3)30-20(16-39-26(28)33-11-5-6-19(33)24(35)37-4)31-23(21)34(25(27)36)18-9-7-17(8-10-18)32-12-14-38-15-13-32/h7-10,19,28H,5-6,11-16H2,1-4H3,(H,29,30,31)/t19-/m0/s1. The van der Waals surface area contributed by atoms with E-state index in [4.69, 9.17) is 24.6 Å². The fraction of sp³-hybridized carbons (Fsp3) is 0.519. The number of anilines is 4. The van der Waals surface area contributed by atoms with E-state index in [1.165, 1.54) is 7.11 Å². The van der Waals surface area contributed by atoms with Crippen LogP contribution in [-0.2, 0) is 35.8 Å². The van der Waals surface area contributed by atoms with Gasteiger partial charge < -0.3 is 29.3 Å². The molecule has 0 unspecified atom stereocenters. The highest BCUT2D eigenvalue weighted by Crippen LogP contribution is 2.47. The maximum atomic E-state index is 13.7. The minimum absolute atomic E-state index is 0.0936. The lowest BCUT2D eigenvalue weighted by molar-refractivity contribution is -0.144. The number of morpholine rings is 1. The third-order valence-electron chi connectivity index (χ3n) is 7.56. The Kier molecular flexibility index (Phi) is 7.30. The van der Waals surface area contributed by atoms with Gasteiger partial charge in [-0.3, -0.25) is 15.1 Å². The molecule has 1 atom stereocenters. The first-order valence-electron chi connectivity index (χ1n) is 13.2. The lowest BCUT2D eigenvalue weighted by atomic mass is 9.87. The monoisotopic (exact) mass is 537 g/mol. The van der Waals surface area contributed by atoms with E-state index < -0.39 is 11.5 Å². The zero-order chi connectivity index (χ0) is 27.7. The number of likely N-dealkylation sites (tertiary alicyclic amines) is 1. The van der Waals surface area contributed by atoms with Crippen LogP contribution in [0.4, 0.5) is 23.0 Å². The van der Waals surface area contributed by atoms with Crippen molar-refractivity contribution < 1.29 is 23.8 Å². The number of fused-ring (bicyclic) bond motifs is 1. The molecule has 12 nitrogen and oxygen atoms in total. The molecule has 0 radical (unpaired) electrons. The van der Waals surface area contributed by atoms with Crippen molar-refractivity contribution >= 4 is 40.9 Å². The summed E-state index contributed by atoms with van der Waals surface area (Å²) in [5.41, 5.74) is 1.64. The maximum absolute atomic E-state index is 13.7. The van der Waals surface area contributed by atoms with Crippen LogP contribution in [0.15, 0.2) is 24.3 Å². The van der Waals surface area contributed by atoms with Crippen molar-refractivity contribution in [2.45, 2.75) is 44.8 Å². The average Bonchev–Trinajstić information content (AvgIpc) is 3.53. The highest BCUT2D eigenvalue weighted by atomic mass is 16.5. The van der Waals surface area contributed by atoms with E-state index in [1.807, 2.05) is 38.1 Å². The Balaban J connectivity index is 1.41. The van der Waals surface area contributed by atoms with Crippen molar-refractivity contribution in [2.24, 2.45) is 0 Å². The number of hydrogen-bond donors (Lipinski definition) is 2. The third kappa shape index (κ3) is 4.84. The molecule has 3 aliphatic rings. The fourth-order valence-electron chi connectivity index (χ4n) is 5.44. The summed E-state index contributed by atoms with van der Waals surface area (Å²) in [5.74, 6) is 0.846. The lowest BCUT2D eigenvalue weighted by Gasteiger charge is -2.29. The van der Waals surface area contributed by atoms with Gasteiger partial charge in [0.05, 0.1) is 37.0 Å². The molecule has 12 heteroatoms. The number of nitrogens with zero attached hydrogens (tertiary/aromatic N) is 5. The highest BCUT2D eigenvalue weighted by molar-refractivity contribution is 6.12. The van der Waals surface area contributed by atoms with Crippen LogP contribution < -0.4 is 15.1 Å². The Morgan fingerprint density at radius 2 is 1.85 bits per heavy atom. The molecular formula is C27H35N7O5. The minimum atomic E-state index is -0.855. The molecule has 4 heterocycles. The zero-order valence-electron chi connectivity index (χ0n) is 22.8. The molecule has 2 N–H and O–H groups in total. The molecule has 1 aromatic carbocycles. The number of esters is 1. The Morgan fingerprint density at radius 1 is 1.15 bits per heavy atom. The van der Waals surface area contributed by atoms with Crippen LogP contribution in [0.1, 0.15) is 38.1 Å². The molecule has 2 saturated heterocycles. The first-order valence-corrected chi connectivity index (χ1v) is 13.2. The molecule has 1 amide bonds. The van der Waals surface area contributed by atoms with Gasteiger partial charge in [0.2, 0.25) is 5.91 Å². The molecule has 2 fully saturated rings. The summed E-state index contributed by atoms with van der Waals surface area (Å²) in [4.78, 5) is 40.6. The second-order valence-electron chi connectivity index (χ2n) is 10.3. The SMILES string of the molecule is CNc1nc(COC(=N)N2CCC[C@H]2C(=O)OC)nc2c1C(C)(C)C(=O)N2c1ccc(N2CCOCC2)cc1. The first kappa shape index (κ1) is 26.7. The number of rotatable bonds is 6. The summed E-state index contributed by atoms with van der Waals surface area (Å²) in [5, 5.41) is 11.5. The van der Waals surface area contributed by atoms with E-state index in [0.717, 1.165) is 25.2 Å². The fourth-order valence-corrected chi connectivity index (χ4v) is 5.44. The van der Waals surface area contributed by atoms with Gasteiger partial charge in [-0.25, -0.2) is 14.8 Å². The van der Waals surface area contributed by atoms with Gasteiger partial charge in [-0.2, -0.15) is 0 Å². The number of ether oxygens (including phenoxy) is 3. The van der Waals surface area contributed by atoms with Gasteiger partial charge in [0.15, 0.2) is 12.4 Å². The van der Waals surface area contributed by atoms with Crippen LogP contribution in [0.3, 0.4) is 0 Å². The van der Waals surface area contributed by atoms with Crippen LogP contribution in [0.25, 0.3) is 0 Å². The van der Waals surface area contributed by atoms with Crippen LogP contribution in [-0.4, -0.2) is 85.8 Å². The number of aromatic nitrogens is 2. The number of carbonyl (C=O) groups excluding carboxylic acids is 2. The summed E-state index contributed by atoms with van der Waals surface area (Å²) in [6.45, 7) is 7.22. The highest BCUT2D eigenvalue weighted by Gasteiger charge is 2.48. The Bertz CT molecular complexity index is 1260. The van der Waals surface area contributed by atoms with Crippen molar-refractivity contribution in [2.75, 3.05) is 62.1 Å². The van der Waals surface area contributed by atoms with Crippen molar-refractivity contribution in [1.82, 2.24) is 14.9 Å². The van der Waals surface area contributed by atoms with Gasteiger partial charge in [-0.1, -0.05) is 0 Å². The molecular weight excluding hydrogens is 502 g/mol. The number of amides is 1. The second kappa shape index (κ2) is 10.7. The molecule has 0 saturated carbocycles. The summed E-state index contributed by atoms with van der Waals surface area (Å²) >= 11 is 0. The van der Waals surface area contributed by atoms with Gasteiger partial charge >= 0.3 is 5.97 Å². The van der Waals surface area contributed by atoms with Crippen molar-refractivity contribution in [1.29, 1.82) is 5.41 Å². The van der Waals surface area contributed by atoms with Crippen LogP contribution in [0, 0.1) is 5.41 Å². The van der Waals surface area contributed by atoms with Crippen LogP contribution in [0.2, 0.25) is 0 Å². The van der Waals surface area contributed by atoms with E-state index in [9.17, 15) is 9.59 Å². The van der Waals surface area contributed by atoms with Crippen LogP contribution >= 0.6 is 0 Å². The lowest BCUT2D eigenvalue weighted by Crippen LogP contribution is -2.41. The predicted octanol–water partition coefficient (Wildman–Crippen LogP) is 2.40. The van der Waals surface area contributed by atoms with Gasteiger partial charge in [0.25, 0.3) is 6.02 Å². The molecule has 0 spiro atoms. The topological polar surface area (TPSA) is 133 Å². The molecule has 5 rings (SSSR count). The molecule has 208 valence electrons. The summed E-state index contributed by atoms with van der Waals surface area (Å²) in [6, 6.07) is 7.22. The molecule has 0 aliphatic carbocycles. The van der Waals surface area contributed by atoms with E-state index in [1.54, 1.807) is 16.8 Å². The van der Waals surface area contributed by atoms with Gasteiger partial charge in [-0.15, -0.1) is 0 Å². The van der Waals surface area contributed by atoms with Gasteiger partial charge in [-0.05, 0) is 51.0 Å². The molecule has 0 bridgehead atoms. The summed E-state index contributed by atoms with van der Waals surface area (Å²) in [6.07, 6.45) is 1.37. The Labute approximate surface area is 227 Å². The Morgan fingerprint density at radius 3 is 2.51 bits per heavy atom. The normalized spacial score (nSPS) is 20.2. The van der Waals surface area contributed by atoms with Gasteiger partial charge in [0.1, 0.15) is 17.7 Å². The predicted molar refractivity (Wildman–Crippen MR) is 145 cm³/mol. The number of amidine groups is 1.